The second-order valence-electron chi connectivity index (χ2n) is 7.55. The minimum atomic E-state index is -0.546. The number of hydrogen-bond acceptors (Lipinski definition) is 5. The minimum absolute atomic E-state index is 0.00560. The molecule has 0 saturated heterocycles. The fourth-order valence-corrected chi connectivity index (χ4v) is 2.79. The average Bonchev–Trinajstić information content (AvgIpc) is 3.04. The molecule has 0 saturated carbocycles. The lowest BCUT2D eigenvalue weighted by Gasteiger charge is -2.18. The Labute approximate surface area is 158 Å². The topological polar surface area (TPSA) is 77.2 Å². The zero-order valence-corrected chi connectivity index (χ0v) is 16.0. The summed E-state index contributed by atoms with van der Waals surface area (Å²) in [6.45, 7) is 11.6. The van der Waals surface area contributed by atoms with Crippen LogP contribution in [0.15, 0.2) is 43.0 Å². The van der Waals surface area contributed by atoms with Crippen molar-refractivity contribution >= 4 is 17.0 Å². The Kier molecular flexibility index (Phi) is 4.74. The lowest BCUT2D eigenvalue weighted by Crippen LogP contribution is -2.10. The van der Waals surface area contributed by atoms with E-state index in [1.54, 1.807) is 12.1 Å². The van der Waals surface area contributed by atoms with Crippen molar-refractivity contribution < 1.29 is 14.6 Å². The summed E-state index contributed by atoms with van der Waals surface area (Å²) in [5.74, 6) is -0.566. The number of aromatic hydroxyl groups is 1. The van der Waals surface area contributed by atoms with Gasteiger partial charge < -0.3 is 9.84 Å². The summed E-state index contributed by atoms with van der Waals surface area (Å²) >= 11 is 0. The van der Waals surface area contributed by atoms with E-state index >= 15 is 0 Å². The number of phenols is 1. The van der Waals surface area contributed by atoms with Gasteiger partial charge in [-0.15, -0.1) is 15.0 Å². The standard InChI is InChI=1S/C21H23N3O3/c1-6-19(25)27-12-14-9-13(2)10-18(20(14)26)24-22-16-8-7-15(21(3,4)5)11-17(16)23-24/h6-11,26H,1,12H2,2-5H3. The van der Waals surface area contributed by atoms with Crippen LogP contribution < -0.4 is 0 Å². The van der Waals surface area contributed by atoms with Gasteiger partial charge in [-0.3, -0.25) is 0 Å². The van der Waals surface area contributed by atoms with E-state index in [0.29, 0.717) is 11.3 Å². The average molecular weight is 365 g/mol. The van der Waals surface area contributed by atoms with Crippen LogP contribution in [0.4, 0.5) is 0 Å². The van der Waals surface area contributed by atoms with Crippen molar-refractivity contribution in [2.45, 2.75) is 39.7 Å². The molecule has 0 amide bonds. The zero-order valence-electron chi connectivity index (χ0n) is 16.0. The van der Waals surface area contributed by atoms with Gasteiger partial charge in [0, 0.05) is 11.6 Å². The van der Waals surface area contributed by atoms with E-state index in [-0.39, 0.29) is 17.8 Å². The second kappa shape index (κ2) is 6.87. The molecule has 0 aliphatic carbocycles. The molecular formula is C21H23N3O3. The number of phenolic OH excluding ortho intramolecular Hbond substituents is 1. The lowest BCUT2D eigenvalue weighted by molar-refractivity contribution is -0.139. The Morgan fingerprint density at radius 2 is 1.93 bits per heavy atom. The summed E-state index contributed by atoms with van der Waals surface area (Å²) in [5, 5.41) is 19.7. The van der Waals surface area contributed by atoms with Gasteiger partial charge in [-0.1, -0.05) is 33.4 Å². The van der Waals surface area contributed by atoms with E-state index < -0.39 is 5.97 Å². The number of rotatable bonds is 4. The smallest absolute Gasteiger partial charge is 0.330 e. The molecule has 27 heavy (non-hydrogen) atoms. The van der Waals surface area contributed by atoms with Crippen molar-refractivity contribution in [1.29, 1.82) is 0 Å². The SMILES string of the molecule is C=CC(=O)OCc1cc(C)cc(-n2nc3ccc(C(C)(C)C)cc3n2)c1O. The molecule has 0 radical (unpaired) electrons. The predicted molar refractivity (Wildman–Crippen MR) is 104 cm³/mol. The first-order valence-electron chi connectivity index (χ1n) is 8.68. The fraction of sp³-hybridized carbons (Fsp3) is 0.286. The molecule has 6 heteroatoms. The molecule has 0 aliphatic rings. The van der Waals surface area contributed by atoms with Crippen LogP contribution in [0.3, 0.4) is 0 Å². The Balaban J connectivity index is 2.04. The first-order chi connectivity index (χ1) is 12.7. The minimum Gasteiger partial charge on any atom is -0.505 e. The van der Waals surface area contributed by atoms with Crippen molar-refractivity contribution in [2.75, 3.05) is 0 Å². The Morgan fingerprint density at radius 1 is 1.22 bits per heavy atom. The number of carbonyl (C=O) groups is 1. The highest BCUT2D eigenvalue weighted by Gasteiger charge is 2.17. The molecule has 3 rings (SSSR count). The van der Waals surface area contributed by atoms with E-state index in [4.69, 9.17) is 4.74 Å². The third kappa shape index (κ3) is 3.84. The zero-order chi connectivity index (χ0) is 19.8. The third-order valence-corrected chi connectivity index (χ3v) is 4.31. The molecule has 0 spiro atoms. The monoisotopic (exact) mass is 365 g/mol. The third-order valence-electron chi connectivity index (χ3n) is 4.31. The normalized spacial score (nSPS) is 11.6. The van der Waals surface area contributed by atoms with Gasteiger partial charge in [-0.05, 0) is 47.7 Å². The Bertz CT molecular complexity index is 1030. The summed E-state index contributed by atoms with van der Waals surface area (Å²) in [6.07, 6.45) is 1.09. The van der Waals surface area contributed by atoms with Crippen LogP contribution in [0.25, 0.3) is 16.7 Å². The molecular weight excluding hydrogens is 342 g/mol. The van der Waals surface area contributed by atoms with Crippen LogP contribution in [0.2, 0.25) is 0 Å². The van der Waals surface area contributed by atoms with E-state index in [2.05, 4.69) is 37.5 Å². The van der Waals surface area contributed by atoms with Gasteiger partial charge in [0.25, 0.3) is 0 Å². The van der Waals surface area contributed by atoms with Gasteiger partial charge in [-0.25, -0.2) is 4.79 Å². The highest BCUT2D eigenvalue weighted by atomic mass is 16.5. The molecule has 1 heterocycles. The number of fused-ring (bicyclic) bond motifs is 1. The van der Waals surface area contributed by atoms with Crippen LogP contribution >= 0.6 is 0 Å². The molecule has 1 aromatic heterocycles. The fourth-order valence-electron chi connectivity index (χ4n) is 2.79. The number of benzene rings is 2. The van der Waals surface area contributed by atoms with Gasteiger partial charge in [-0.2, -0.15) is 0 Å². The van der Waals surface area contributed by atoms with Crippen LogP contribution in [0, 0.1) is 6.92 Å². The molecule has 0 fully saturated rings. The maximum Gasteiger partial charge on any atom is 0.330 e. The van der Waals surface area contributed by atoms with Gasteiger partial charge in [0.1, 0.15) is 29.1 Å². The molecule has 0 bridgehead atoms. The molecule has 1 N–H and O–H groups in total. The highest BCUT2D eigenvalue weighted by Crippen LogP contribution is 2.30. The Morgan fingerprint density at radius 3 is 2.59 bits per heavy atom. The molecule has 0 atom stereocenters. The first kappa shape index (κ1) is 18.6. The summed E-state index contributed by atoms with van der Waals surface area (Å²) < 4.78 is 5.05. The van der Waals surface area contributed by atoms with Crippen LogP contribution in [0.5, 0.6) is 5.75 Å². The van der Waals surface area contributed by atoms with Crippen molar-refractivity contribution in [3.8, 4) is 11.4 Å². The van der Waals surface area contributed by atoms with Gasteiger partial charge in [0.05, 0.1) is 0 Å². The van der Waals surface area contributed by atoms with Crippen LogP contribution in [-0.2, 0) is 21.6 Å². The van der Waals surface area contributed by atoms with Crippen molar-refractivity contribution in [3.05, 3.63) is 59.7 Å². The predicted octanol–water partition coefficient (Wildman–Crippen LogP) is 3.96. The first-order valence-corrected chi connectivity index (χ1v) is 8.68. The van der Waals surface area contributed by atoms with Crippen molar-refractivity contribution in [1.82, 2.24) is 15.0 Å². The summed E-state index contributed by atoms with van der Waals surface area (Å²) in [5.41, 5.74) is 4.47. The number of aromatic nitrogens is 3. The number of carbonyl (C=O) groups excluding carboxylic acids is 1. The molecule has 6 nitrogen and oxygen atoms in total. The number of ether oxygens (including phenoxy) is 1. The summed E-state index contributed by atoms with van der Waals surface area (Å²) in [4.78, 5) is 12.7. The lowest BCUT2D eigenvalue weighted by atomic mass is 9.87. The molecule has 3 aromatic rings. The maximum absolute atomic E-state index is 11.3. The largest absolute Gasteiger partial charge is 0.505 e. The van der Waals surface area contributed by atoms with E-state index in [0.717, 1.165) is 28.2 Å². The van der Waals surface area contributed by atoms with E-state index in [9.17, 15) is 9.90 Å². The van der Waals surface area contributed by atoms with Crippen LogP contribution in [-0.4, -0.2) is 26.1 Å². The second-order valence-corrected chi connectivity index (χ2v) is 7.55. The van der Waals surface area contributed by atoms with Gasteiger partial charge in [0.2, 0.25) is 0 Å². The maximum atomic E-state index is 11.3. The number of hydrogen-bond donors (Lipinski definition) is 1. The molecule has 0 aliphatic heterocycles. The number of nitrogens with zero attached hydrogens (tertiary/aromatic N) is 3. The summed E-state index contributed by atoms with van der Waals surface area (Å²) in [7, 11) is 0. The van der Waals surface area contributed by atoms with Gasteiger partial charge in [0.15, 0.2) is 0 Å². The quantitative estimate of drug-likeness (QED) is 0.559. The van der Waals surface area contributed by atoms with Crippen molar-refractivity contribution in [3.63, 3.8) is 0 Å². The Hall–Kier alpha value is -3.15. The van der Waals surface area contributed by atoms with Gasteiger partial charge >= 0.3 is 5.97 Å². The molecule has 2 aromatic carbocycles. The van der Waals surface area contributed by atoms with E-state index in [1.165, 1.54) is 4.80 Å². The highest BCUT2D eigenvalue weighted by molar-refractivity contribution is 5.81. The van der Waals surface area contributed by atoms with Crippen LogP contribution in [0.1, 0.15) is 37.5 Å². The number of aryl methyl sites for hydroxylation is 1. The van der Waals surface area contributed by atoms with E-state index in [1.807, 2.05) is 25.1 Å². The summed E-state index contributed by atoms with van der Waals surface area (Å²) in [6, 6.07) is 9.53. The number of esters is 1. The molecule has 0 unspecified atom stereocenters. The van der Waals surface area contributed by atoms with Crippen molar-refractivity contribution in [2.24, 2.45) is 0 Å². The molecule has 140 valence electrons.